The van der Waals surface area contributed by atoms with Crippen LogP contribution in [0.2, 0.25) is 0 Å². The number of carbonyl (C=O) groups excluding carboxylic acids is 1. The highest BCUT2D eigenvalue weighted by atomic mass is 32.1. The van der Waals surface area contributed by atoms with Gasteiger partial charge in [-0.2, -0.15) is 0 Å². The van der Waals surface area contributed by atoms with Crippen LogP contribution in [0.15, 0.2) is 54.6 Å². The summed E-state index contributed by atoms with van der Waals surface area (Å²) in [6.07, 6.45) is 0.910. The average Bonchev–Trinajstić information content (AvgIpc) is 3.05. The Morgan fingerprint density at radius 2 is 1.66 bits per heavy atom. The van der Waals surface area contributed by atoms with Crippen LogP contribution in [0.4, 0.5) is 5.69 Å². The van der Waals surface area contributed by atoms with E-state index in [1.807, 2.05) is 19.1 Å². The monoisotopic (exact) mass is 448 g/mol. The maximum atomic E-state index is 13.2. The second-order valence-electron chi connectivity index (χ2n) is 7.64. The minimum atomic E-state index is -1.30. The second kappa shape index (κ2) is 7.42. The zero-order chi connectivity index (χ0) is 22.5. The Bertz CT molecular complexity index is 1220. The second-order valence-corrected chi connectivity index (χ2v) is 8.05. The number of benzene rings is 3. The van der Waals surface area contributed by atoms with Crippen LogP contribution < -0.4 is 15.4 Å². The molecule has 8 heteroatoms. The fourth-order valence-electron chi connectivity index (χ4n) is 4.26. The van der Waals surface area contributed by atoms with Gasteiger partial charge in [0, 0.05) is 35.4 Å². The Balaban J connectivity index is 1.72. The predicted octanol–water partition coefficient (Wildman–Crippen LogP) is 4.36. The first-order chi connectivity index (χ1) is 15.4. The summed E-state index contributed by atoms with van der Waals surface area (Å²) in [4.78, 5) is 13.2. The predicted molar refractivity (Wildman–Crippen MR) is 123 cm³/mol. The van der Waals surface area contributed by atoms with Gasteiger partial charge in [-0.1, -0.05) is 19.1 Å². The summed E-state index contributed by atoms with van der Waals surface area (Å²) >= 11 is 5.36. The largest absolute Gasteiger partial charge is 0.508 e. The molecule has 3 aromatic rings. The first kappa shape index (κ1) is 20.1. The van der Waals surface area contributed by atoms with Crippen LogP contribution in [0.5, 0.6) is 23.0 Å². The molecule has 2 aliphatic heterocycles. The highest BCUT2D eigenvalue weighted by Crippen LogP contribution is 2.57. The highest BCUT2D eigenvalue weighted by molar-refractivity contribution is 7.80. The van der Waals surface area contributed by atoms with Crippen LogP contribution in [0.1, 0.15) is 40.4 Å². The van der Waals surface area contributed by atoms with Crippen molar-refractivity contribution in [2.75, 3.05) is 11.9 Å². The van der Waals surface area contributed by atoms with Crippen LogP contribution in [-0.4, -0.2) is 27.8 Å². The lowest BCUT2D eigenvalue weighted by atomic mass is 9.77. The van der Waals surface area contributed by atoms with Crippen molar-refractivity contribution in [1.29, 1.82) is 0 Å². The third-order valence-corrected chi connectivity index (χ3v) is 5.83. The minimum absolute atomic E-state index is 0.00909. The Hall–Kier alpha value is -3.78. The Morgan fingerprint density at radius 1 is 1.00 bits per heavy atom. The van der Waals surface area contributed by atoms with Gasteiger partial charge in [-0.25, -0.2) is 4.79 Å². The molecule has 3 aromatic carbocycles. The summed E-state index contributed by atoms with van der Waals surface area (Å²) in [6, 6.07) is 14.7. The molecule has 32 heavy (non-hydrogen) atoms. The van der Waals surface area contributed by atoms with E-state index in [4.69, 9.17) is 21.7 Å². The van der Waals surface area contributed by atoms with Crippen molar-refractivity contribution in [1.82, 2.24) is 5.32 Å². The summed E-state index contributed by atoms with van der Waals surface area (Å²) in [7, 11) is 0. The molecule has 5 rings (SSSR count). The molecular weight excluding hydrogens is 428 g/mol. The molecule has 0 unspecified atom stereocenters. The number of nitrogens with one attached hydrogen (secondary N) is 2. The number of phenolic OH excluding ortho intramolecular Hbond substituents is 2. The number of thiocarbonyl (C=S) groups is 1. The van der Waals surface area contributed by atoms with Gasteiger partial charge in [0.15, 0.2) is 10.7 Å². The minimum Gasteiger partial charge on any atom is -0.508 e. The zero-order valence-corrected chi connectivity index (χ0v) is 18.0. The van der Waals surface area contributed by atoms with E-state index in [0.717, 1.165) is 6.42 Å². The quantitative estimate of drug-likeness (QED) is 0.346. The molecule has 2 aliphatic rings. The summed E-state index contributed by atoms with van der Waals surface area (Å²) in [6.45, 7) is 2.74. The van der Waals surface area contributed by atoms with Gasteiger partial charge >= 0.3 is 5.97 Å². The maximum Gasteiger partial charge on any atom is 0.342 e. The molecule has 162 valence electrons. The third-order valence-electron chi connectivity index (χ3n) is 5.59. The normalized spacial score (nSPS) is 14.6. The average molecular weight is 449 g/mol. The first-order valence-electron chi connectivity index (χ1n) is 10.2. The molecule has 0 saturated heterocycles. The molecule has 4 N–H and O–H groups in total. The van der Waals surface area contributed by atoms with Crippen LogP contribution in [0.3, 0.4) is 0 Å². The molecule has 0 bridgehead atoms. The van der Waals surface area contributed by atoms with E-state index < -0.39 is 11.6 Å². The Labute approximate surface area is 189 Å². The van der Waals surface area contributed by atoms with Gasteiger partial charge in [0.1, 0.15) is 23.0 Å². The molecule has 0 radical (unpaired) electrons. The van der Waals surface area contributed by atoms with Crippen molar-refractivity contribution in [2.24, 2.45) is 0 Å². The third kappa shape index (κ3) is 2.95. The van der Waals surface area contributed by atoms with Gasteiger partial charge in [-0.15, -0.1) is 0 Å². The lowest BCUT2D eigenvalue weighted by Gasteiger charge is -2.36. The van der Waals surface area contributed by atoms with E-state index in [1.54, 1.807) is 18.2 Å². The molecule has 2 heterocycles. The zero-order valence-electron chi connectivity index (χ0n) is 17.1. The van der Waals surface area contributed by atoms with Crippen molar-refractivity contribution in [2.45, 2.75) is 18.9 Å². The molecule has 0 amide bonds. The number of aromatic hydroxyl groups is 2. The van der Waals surface area contributed by atoms with E-state index in [1.165, 1.54) is 24.3 Å². The summed E-state index contributed by atoms with van der Waals surface area (Å²) < 4.78 is 12.1. The SMILES string of the molecule is CCCNC(=S)Nc1cccc2c1C(=O)OC21c2ccc(O)cc2Oc2cc(O)ccc21. The molecule has 0 fully saturated rings. The van der Waals surface area contributed by atoms with Crippen LogP contribution in [-0.2, 0) is 10.3 Å². The molecule has 0 atom stereocenters. The number of hydrogen-bond acceptors (Lipinski definition) is 6. The van der Waals surface area contributed by atoms with Gasteiger partial charge in [0.25, 0.3) is 0 Å². The van der Waals surface area contributed by atoms with Crippen molar-refractivity contribution < 1.29 is 24.5 Å². The lowest BCUT2D eigenvalue weighted by Crippen LogP contribution is -2.33. The van der Waals surface area contributed by atoms with Gasteiger partial charge in [-0.3, -0.25) is 0 Å². The van der Waals surface area contributed by atoms with Gasteiger partial charge < -0.3 is 30.3 Å². The molecular formula is C24H20N2O5S. The smallest absolute Gasteiger partial charge is 0.342 e. The number of fused-ring (bicyclic) bond motifs is 6. The van der Waals surface area contributed by atoms with E-state index in [-0.39, 0.29) is 11.5 Å². The van der Waals surface area contributed by atoms with E-state index in [9.17, 15) is 15.0 Å². The topological polar surface area (TPSA) is 100 Å². The maximum absolute atomic E-state index is 13.2. The summed E-state index contributed by atoms with van der Waals surface area (Å²) in [5.74, 6) is 0.176. The number of carbonyl (C=O) groups is 1. The van der Waals surface area contributed by atoms with Gasteiger partial charge in [0.2, 0.25) is 0 Å². The fourth-order valence-corrected chi connectivity index (χ4v) is 4.47. The molecule has 1 spiro atoms. The molecule has 7 nitrogen and oxygen atoms in total. The van der Waals surface area contributed by atoms with E-state index in [2.05, 4.69) is 10.6 Å². The van der Waals surface area contributed by atoms with Crippen molar-refractivity contribution in [3.05, 3.63) is 76.9 Å². The molecule has 0 saturated carbocycles. The number of phenols is 2. The van der Waals surface area contributed by atoms with E-state index in [0.29, 0.717) is 51.1 Å². The summed E-state index contributed by atoms with van der Waals surface area (Å²) in [5.41, 5.74) is 1.37. The van der Waals surface area contributed by atoms with Crippen molar-refractivity contribution >= 4 is 29.0 Å². The fraction of sp³-hybridized carbons (Fsp3) is 0.167. The Kier molecular flexibility index (Phi) is 4.67. The van der Waals surface area contributed by atoms with E-state index >= 15 is 0 Å². The highest BCUT2D eigenvalue weighted by Gasteiger charge is 2.54. The van der Waals surface area contributed by atoms with Crippen LogP contribution in [0.25, 0.3) is 0 Å². The molecule has 0 aromatic heterocycles. The lowest BCUT2D eigenvalue weighted by molar-refractivity contribution is 0.0224. The first-order valence-corrected chi connectivity index (χ1v) is 10.6. The standard InChI is InChI=1S/C24H20N2O5S/c1-2-10-25-23(32)26-18-5-3-4-17-21(18)22(29)31-24(17)15-8-6-13(27)11-19(15)30-20-12-14(28)7-9-16(20)24/h3-9,11-12,27-28H,2,10H2,1H3,(H2,25,26,32). The number of esters is 1. The van der Waals surface area contributed by atoms with Crippen molar-refractivity contribution in [3.8, 4) is 23.0 Å². The number of hydrogen-bond donors (Lipinski definition) is 4. The van der Waals surface area contributed by atoms with Crippen molar-refractivity contribution in [3.63, 3.8) is 0 Å². The molecule has 0 aliphatic carbocycles. The number of ether oxygens (including phenoxy) is 2. The van der Waals surface area contributed by atoms with Crippen LogP contribution >= 0.6 is 12.2 Å². The van der Waals surface area contributed by atoms with Crippen LogP contribution in [0, 0.1) is 0 Å². The summed E-state index contributed by atoms with van der Waals surface area (Å²) in [5, 5.41) is 26.6. The van der Waals surface area contributed by atoms with Gasteiger partial charge in [-0.05, 0) is 49.0 Å². The van der Waals surface area contributed by atoms with Gasteiger partial charge in [0.05, 0.1) is 11.3 Å². The Morgan fingerprint density at radius 3 is 2.28 bits per heavy atom. The number of anilines is 1. The number of rotatable bonds is 3.